The van der Waals surface area contributed by atoms with Crippen molar-refractivity contribution < 1.29 is 9.66 Å². The van der Waals surface area contributed by atoms with Crippen LogP contribution in [0.1, 0.15) is 5.56 Å². The molecule has 0 aromatic heterocycles. The number of alkyl halides is 1. The molecule has 0 aliphatic rings. The predicted octanol–water partition coefficient (Wildman–Crippen LogP) is 5.54. The Balaban J connectivity index is 2.35. The first-order valence-corrected chi connectivity index (χ1v) is 7.18. The van der Waals surface area contributed by atoms with Gasteiger partial charge in [-0.3, -0.25) is 10.1 Å². The van der Waals surface area contributed by atoms with Gasteiger partial charge in [-0.25, -0.2) is 0 Å². The molecule has 4 nitrogen and oxygen atoms in total. The molecule has 2 aromatic rings. The molecule has 0 N–H and O–H groups in total. The van der Waals surface area contributed by atoms with Crippen molar-refractivity contribution in [1.29, 1.82) is 0 Å². The van der Waals surface area contributed by atoms with Gasteiger partial charge in [0, 0.05) is 22.2 Å². The van der Waals surface area contributed by atoms with E-state index < -0.39 is 4.92 Å². The van der Waals surface area contributed by atoms with Gasteiger partial charge in [0.05, 0.1) is 15.8 Å². The van der Waals surface area contributed by atoms with Crippen molar-refractivity contribution in [3.63, 3.8) is 0 Å². The van der Waals surface area contributed by atoms with Gasteiger partial charge in [-0.15, -0.1) is 11.6 Å². The Bertz CT molecular complexity index is 664. The fraction of sp³-hybridized carbons (Fsp3) is 0.0769. The molecule has 0 amide bonds. The molecule has 0 saturated carbocycles. The van der Waals surface area contributed by atoms with Crippen LogP contribution < -0.4 is 4.74 Å². The highest BCUT2D eigenvalue weighted by Gasteiger charge is 2.12. The summed E-state index contributed by atoms with van der Waals surface area (Å²) in [6.45, 7) is 0. The number of halogens is 3. The first-order valence-electron chi connectivity index (χ1n) is 5.47. The Labute approximate surface area is 133 Å². The average molecular weight is 377 g/mol. The number of hydrogen-bond acceptors (Lipinski definition) is 3. The van der Waals surface area contributed by atoms with Crippen molar-refractivity contribution in [3.8, 4) is 11.5 Å². The summed E-state index contributed by atoms with van der Waals surface area (Å²) in [4.78, 5) is 10.1. The molecule has 0 atom stereocenters. The van der Waals surface area contributed by atoms with Crippen LogP contribution in [-0.2, 0) is 5.88 Å². The van der Waals surface area contributed by atoms with E-state index in [9.17, 15) is 10.1 Å². The average Bonchev–Trinajstić information content (AvgIpc) is 2.41. The number of nitrogens with zero attached hydrogens (tertiary/aromatic N) is 1. The zero-order valence-electron chi connectivity index (χ0n) is 9.98. The molecule has 0 bridgehead atoms. The molecule has 0 aliphatic carbocycles. The van der Waals surface area contributed by atoms with E-state index in [1.165, 1.54) is 18.2 Å². The molecular formula is C13H8BrCl2NO3. The van der Waals surface area contributed by atoms with Crippen LogP contribution in [0.25, 0.3) is 0 Å². The summed E-state index contributed by atoms with van der Waals surface area (Å²) in [6, 6.07) is 9.47. The van der Waals surface area contributed by atoms with Gasteiger partial charge in [-0.1, -0.05) is 33.6 Å². The molecule has 0 saturated heterocycles. The molecule has 0 spiro atoms. The molecule has 104 valence electrons. The predicted molar refractivity (Wildman–Crippen MR) is 81.9 cm³/mol. The monoisotopic (exact) mass is 375 g/mol. The van der Waals surface area contributed by atoms with Crippen LogP contribution in [0.3, 0.4) is 0 Å². The minimum atomic E-state index is -0.515. The van der Waals surface area contributed by atoms with Crippen molar-refractivity contribution >= 4 is 44.8 Å². The molecule has 0 heterocycles. The number of benzene rings is 2. The minimum Gasteiger partial charge on any atom is -0.455 e. The van der Waals surface area contributed by atoms with Gasteiger partial charge < -0.3 is 4.74 Å². The third-order valence-corrected chi connectivity index (χ3v) is 3.60. The van der Waals surface area contributed by atoms with E-state index >= 15 is 0 Å². The van der Waals surface area contributed by atoms with Crippen LogP contribution in [0.5, 0.6) is 11.5 Å². The highest BCUT2D eigenvalue weighted by atomic mass is 79.9. The van der Waals surface area contributed by atoms with E-state index in [0.29, 0.717) is 11.5 Å². The van der Waals surface area contributed by atoms with Gasteiger partial charge in [0.15, 0.2) is 0 Å². The lowest BCUT2D eigenvalue weighted by molar-refractivity contribution is -0.384. The summed E-state index contributed by atoms with van der Waals surface area (Å²) < 4.78 is 6.51. The summed E-state index contributed by atoms with van der Waals surface area (Å²) in [5.41, 5.74) is 0.707. The summed E-state index contributed by atoms with van der Waals surface area (Å²) >= 11 is 15.2. The molecule has 2 aromatic carbocycles. The zero-order valence-corrected chi connectivity index (χ0v) is 13.1. The van der Waals surface area contributed by atoms with E-state index in [1.807, 2.05) is 12.1 Å². The highest BCUT2D eigenvalue weighted by Crippen LogP contribution is 2.35. The smallest absolute Gasteiger partial charge is 0.271 e. The maximum absolute atomic E-state index is 10.7. The van der Waals surface area contributed by atoms with E-state index in [2.05, 4.69) is 15.9 Å². The Hall–Kier alpha value is -1.30. The third kappa shape index (κ3) is 3.42. The summed E-state index contributed by atoms with van der Waals surface area (Å²) in [5.74, 6) is 1.17. The van der Waals surface area contributed by atoms with Crippen molar-refractivity contribution in [1.82, 2.24) is 0 Å². The van der Waals surface area contributed by atoms with E-state index in [-0.39, 0.29) is 16.6 Å². The number of nitro groups is 1. The molecule has 0 aliphatic heterocycles. The highest BCUT2D eigenvalue weighted by molar-refractivity contribution is 9.10. The molecule has 0 unspecified atom stereocenters. The lowest BCUT2D eigenvalue weighted by atomic mass is 10.2. The molecule has 0 radical (unpaired) electrons. The first-order chi connectivity index (χ1) is 9.51. The number of ether oxygens (including phenoxy) is 1. The van der Waals surface area contributed by atoms with Gasteiger partial charge in [-0.2, -0.15) is 0 Å². The van der Waals surface area contributed by atoms with E-state index in [0.717, 1.165) is 10.0 Å². The van der Waals surface area contributed by atoms with Crippen LogP contribution in [0.2, 0.25) is 5.02 Å². The number of hydrogen-bond donors (Lipinski definition) is 0. The summed E-state index contributed by atoms with van der Waals surface area (Å²) in [5, 5.41) is 10.8. The lowest BCUT2D eigenvalue weighted by Crippen LogP contribution is -1.92. The van der Waals surface area contributed by atoms with Crippen LogP contribution in [-0.4, -0.2) is 4.92 Å². The van der Waals surface area contributed by atoms with Gasteiger partial charge >= 0.3 is 0 Å². The van der Waals surface area contributed by atoms with Crippen LogP contribution in [0.15, 0.2) is 40.9 Å². The second-order valence-electron chi connectivity index (χ2n) is 3.86. The summed E-state index contributed by atoms with van der Waals surface area (Å²) in [6.07, 6.45) is 0. The van der Waals surface area contributed by atoms with Crippen molar-refractivity contribution in [2.24, 2.45) is 0 Å². The number of nitro benzene ring substituents is 1. The Morgan fingerprint density at radius 1 is 1.20 bits per heavy atom. The van der Waals surface area contributed by atoms with E-state index in [1.54, 1.807) is 6.07 Å². The quantitative estimate of drug-likeness (QED) is 0.399. The van der Waals surface area contributed by atoms with Crippen LogP contribution in [0, 0.1) is 10.1 Å². The van der Waals surface area contributed by atoms with Crippen molar-refractivity contribution in [3.05, 3.63) is 61.6 Å². The van der Waals surface area contributed by atoms with Crippen molar-refractivity contribution in [2.75, 3.05) is 0 Å². The fourth-order valence-corrected chi connectivity index (χ4v) is 2.31. The maximum Gasteiger partial charge on any atom is 0.271 e. The zero-order chi connectivity index (χ0) is 14.7. The first kappa shape index (κ1) is 15.1. The Morgan fingerprint density at radius 3 is 2.55 bits per heavy atom. The Morgan fingerprint density at radius 2 is 1.95 bits per heavy atom. The molecule has 2 rings (SSSR count). The largest absolute Gasteiger partial charge is 0.455 e. The minimum absolute atomic E-state index is 0.0887. The fourth-order valence-electron chi connectivity index (χ4n) is 1.54. The van der Waals surface area contributed by atoms with Gasteiger partial charge in [0.25, 0.3) is 5.69 Å². The normalized spacial score (nSPS) is 10.3. The van der Waals surface area contributed by atoms with Gasteiger partial charge in [0.1, 0.15) is 11.5 Å². The second kappa shape index (κ2) is 6.43. The SMILES string of the molecule is O=[N+]([O-])c1ccc(Oc2cc(Br)ccc2CCl)c(Cl)c1. The van der Waals surface area contributed by atoms with E-state index in [4.69, 9.17) is 27.9 Å². The number of rotatable bonds is 4. The standard InChI is InChI=1S/C13H8BrCl2NO3/c14-9-2-1-8(7-15)13(5-9)20-12-4-3-10(17(18)19)6-11(12)16/h1-6H,7H2. The Kier molecular flexibility index (Phi) is 4.86. The van der Waals surface area contributed by atoms with Gasteiger partial charge in [0.2, 0.25) is 0 Å². The third-order valence-electron chi connectivity index (χ3n) is 2.52. The van der Waals surface area contributed by atoms with Crippen molar-refractivity contribution in [2.45, 2.75) is 5.88 Å². The lowest BCUT2D eigenvalue weighted by Gasteiger charge is -2.11. The number of non-ortho nitro benzene ring substituents is 1. The second-order valence-corrected chi connectivity index (χ2v) is 5.45. The van der Waals surface area contributed by atoms with Gasteiger partial charge in [-0.05, 0) is 18.2 Å². The van der Waals surface area contributed by atoms with Crippen LogP contribution in [0.4, 0.5) is 5.69 Å². The van der Waals surface area contributed by atoms with Crippen LogP contribution >= 0.6 is 39.1 Å². The molecular weight excluding hydrogens is 369 g/mol. The molecule has 0 fully saturated rings. The maximum atomic E-state index is 10.7. The molecule has 7 heteroatoms. The summed E-state index contributed by atoms with van der Waals surface area (Å²) in [7, 11) is 0. The topological polar surface area (TPSA) is 52.4 Å². The molecule has 20 heavy (non-hydrogen) atoms.